The SMILES string of the molecule is CCc1nc2ccccc2n1Cc1ccccc1B1OC(C)(C)C(C)(C)O1. The topological polar surface area (TPSA) is 36.3 Å². The molecular weight excluding hydrogens is 335 g/mol. The van der Waals surface area contributed by atoms with Gasteiger partial charge in [0.05, 0.1) is 22.2 Å². The highest BCUT2D eigenvalue weighted by Gasteiger charge is 2.52. The Morgan fingerprint density at radius 2 is 1.56 bits per heavy atom. The Kier molecular flexibility index (Phi) is 4.40. The van der Waals surface area contributed by atoms with Crippen molar-refractivity contribution in [1.29, 1.82) is 0 Å². The third-order valence-electron chi connectivity index (χ3n) is 5.94. The lowest BCUT2D eigenvalue weighted by atomic mass is 9.76. The number of rotatable bonds is 4. The number of imidazole rings is 1. The van der Waals surface area contributed by atoms with Crippen molar-refractivity contribution in [1.82, 2.24) is 9.55 Å². The largest absolute Gasteiger partial charge is 0.495 e. The van der Waals surface area contributed by atoms with Crippen molar-refractivity contribution in [3.63, 3.8) is 0 Å². The van der Waals surface area contributed by atoms with Crippen molar-refractivity contribution < 1.29 is 9.31 Å². The Labute approximate surface area is 161 Å². The van der Waals surface area contributed by atoms with Crippen LogP contribution in [0.2, 0.25) is 0 Å². The summed E-state index contributed by atoms with van der Waals surface area (Å²) in [4.78, 5) is 4.80. The molecule has 27 heavy (non-hydrogen) atoms. The van der Waals surface area contributed by atoms with Gasteiger partial charge in [-0.1, -0.05) is 43.3 Å². The Morgan fingerprint density at radius 3 is 2.26 bits per heavy atom. The van der Waals surface area contributed by atoms with Crippen molar-refractivity contribution in [2.75, 3.05) is 0 Å². The standard InChI is InChI=1S/C22H27BN2O2/c1-6-20-24-18-13-9-10-14-19(18)25(20)15-16-11-7-8-12-17(16)23-26-21(2,3)22(4,5)27-23/h7-14H,6,15H2,1-5H3. The maximum atomic E-state index is 6.31. The fourth-order valence-electron chi connectivity index (χ4n) is 3.62. The van der Waals surface area contributed by atoms with E-state index in [2.05, 4.69) is 81.7 Å². The second-order valence-electron chi connectivity index (χ2n) is 8.24. The van der Waals surface area contributed by atoms with Crippen LogP contribution in [0.5, 0.6) is 0 Å². The summed E-state index contributed by atoms with van der Waals surface area (Å²) < 4.78 is 14.9. The second-order valence-corrected chi connectivity index (χ2v) is 8.24. The summed E-state index contributed by atoms with van der Waals surface area (Å²) in [5, 5.41) is 0. The van der Waals surface area contributed by atoms with Crippen LogP contribution in [0.25, 0.3) is 11.0 Å². The van der Waals surface area contributed by atoms with E-state index in [0.717, 1.165) is 35.3 Å². The van der Waals surface area contributed by atoms with Crippen LogP contribution < -0.4 is 5.46 Å². The molecule has 2 heterocycles. The zero-order valence-electron chi connectivity index (χ0n) is 16.8. The molecule has 0 saturated carbocycles. The first-order valence-corrected chi connectivity index (χ1v) is 9.70. The van der Waals surface area contributed by atoms with Gasteiger partial charge >= 0.3 is 7.12 Å². The highest BCUT2D eigenvalue weighted by molar-refractivity contribution is 6.62. The predicted molar refractivity (Wildman–Crippen MR) is 110 cm³/mol. The Balaban J connectivity index is 1.74. The number of aryl methyl sites for hydroxylation is 1. The first-order valence-electron chi connectivity index (χ1n) is 9.70. The number of para-hydroxylation sites is 2. The first-order chi connectivity index (χ1) is 12.8. The van der Waals surface area contributed by atoms with Gasteiger partial charge < -0.3 is 13.9 Å². The number of fused-ring (bicyclic) bond motifs is 1. The molecule has 0 aliphatic carbocycles. The van der Waals surface area contributed by atoms with Crippen molar-refractivity contribution in [2.24, 2.45) is 0 Å². The van der Waals surface area contributed by atoms with Crippen LogP contribution in [0.15, 0.2) is 48.5 Å². The van der Waals surface area contributed by atoms with E-state index in [1.54, 1.807) is 0 Å². The van der Waals surface area contributed by atoms with Gasteiger partial charge in [-0.25, -0.2) is 4.98 Å². The zero-order valence-corrected chi connectivity index (χ0v) is 16.8. The van der Waals surface area contributed by atoms with Crippen LogP contribution in [-0.4, -0.2) is 27.9 Å². The van der Waals surface area contributed by atoms with E-state index < -0.39 is 0 Å². The molecule has 0 radical (unpaired) electrons. The van der Waals surface area contributed by atoms with E-state index in [9.17, 15) is 0 Å². The highest BCUT2D eigenvalue weighted by atomic mass is 16.7. The third-order valence-corrected chi connectivity index (χ3v) is 5.94. The molecule has 3 aromatic rings. The lowest BCUT2D eigenvalue weighted by Crippen LogP contribution is -2.41. The van der Waals surface area contributed by atoms with E-state index in [-0.39, 0.29) is 18.3 Å². The van der Waals surface area contributed by atoms with Gasteiger partial charge in [0.2, 0.25) is 0 Å². The third kappa shape index (κ3) is 3.09. The highest BCUT2D eigenvalue weighted by Crippen LogP contribution is 2.36. The fraction of sp³-hybridized carbons (Fsp3) is 0.409. The Morgan fingerprint density at radius 1 is 0.926 bits per heavy atom. The molecule has 4 nitrogen and oxygen atoms in total. The first kappa shape index (κ1) is 18.3. The average molecular weight is 362 g/mol. The Hall–Kier alpha value is -2.11. The minimum atomic E-state index is -0.355. The molecule has 4 rings (SSSR count). The van der Waals surface area contributed by atoms with E-state index in [1.165, 1.54) is 5.56 Å². The van der Waals surface area contributed by atoms with E-state index >= 15 is 0 Å². The van der Waals surface area contributed by atoms with E-state index in [0.29, 0.717) is 0 Å². The molecule has 1 aliphatic rings. The molecule has 2 aromatic carbocycles. The molecule has 1 aromatic heterocycles. The van der Waals surface area contributed by atoms with Gasteiger partial charge in [-0.3, -0.25) is 0 Å². The van der Waals surface area contributed by atoms with Crippen molar-refractivity contribution >= 4 is 23.6 Å². The van der Waals surface area contributed by atoms with Gasteiger partial charge in [-0.2, -0.15) is 0 Å². The minimum Gasteiger partial charge on any atom is -0.399 e. The summed E-state index contributed by atoms with van der Waals surface area (Å²) in [5.41, 5.74) is 3.81. The monoisotopic (exact) mass is 362 g/mol. The predicted octanol–water partition coefficient (Wildman–Crippen LogP) is 3.95. The molecule has 0 atom stereocenters. The van der Waals surface area contributed by atoms with Gasteiger partial charge in [-0.15, -0.1) is 0 Å². The van der Waals surface area contributed by atoms with Crippen LogP contribution in [0.3, 0.4) is 0 Å². The van der Waals surface area contributed by atoms with E-state index in [1.807, 2.05) is 6.07 Å². The van der Waals surface area contributed by atoms with Crippen molar-refractivity contribution in [3.8, 4) is 0 Å². The summed E-state index contributed by atoms with van der Waals surface area (Å²) in [6.45, 7) is 11.3. The van der Waals surface area contributed by atoms with Gasteiger partial charge in [0.15, 0.2) is 0 Å². The number of hydrogen-bond acceptors (Lipinski definition) is 3. The maximum absolute atomic E-state index is 6.31. The molecule has 0 spiro atoms. The van der Waals surface area contributed by atoms with Crippen LogP contribution in [0.1, 0.15) is 46.0 Å². The average Bonchev–Trinajstić information content (AvgIpc) is 3.09. The van der Waals surface area contributed by atoms with Gasteiger partial charge in [0, 0.05) is 13.0 Å². The summed E-state index contributed by atoms with van der Waals surface area (Å²) in [5.74, 6) is 1.10. The molecule has 0 amide bonds. The fourth-order valence-corrected chi connectivity index (χ4v) is 3.62. The number of hydrogen-bond donors (Lipinski definition) is 0. The summed E-state index contributed by atoms with van der Waals surface area (Å²) in [7, 11) is -0.355. The van der Waals surface area contributed by atoms with Crippen molar-refractivity contribution in [3.05, 3.63) is 59.9 Å². The molecule has 5 heteroatoms. The normalized spacial score (nSPS) is 18.3. The Bertz CT molecular complexity index is 961. The second kappa shape index (κ2) is 6.50. The molecule has 0 unspecified atom stereocenters. The maximum Gasteiger partial charge on any atom is 0.495 e. The molecule has 1 fully saturated rings. The number of aromatic nitrogens is 2. The molecule has 140 valence electrons. The number of nitrogens with zero attached hydrogens (tertiary/aromatic N) is 2. The summed E-state index contributed by atoms with van der Waals surface area (Å²) >= 11 is 0. The summed E-state index contributed by atoms with van der Waals surface area (Å²) in [6, 6.07) is 16.7. The van der Waals surface area contributed by atoms with Gasteiger partial charge in [0.25, 0.3) is 0 Å². The van der Waals surface area contributed by atoms with Gasteiger partial charge in [0.1, 0.15) is 5.82 Å². The smallest absolute Gasteiger partial charge is 0.399 e. The number of benzene rings is 2. The van der Waals surface area contributed by atoms with Crippen LogP contribution in [-0.2, 0) is 22.3 Å². The van der Waals surface area contributed by atoms with Crippen molar-refractivity contribution in [2.45, 2.75) is 58.8 Å². The lowest BCUT2D eigenvalue weighted by Gasteiger charge is -2.32. The van der Waals surface area contributed by atoms with Crippen LogP contribution in [0.4, 0.5) is 0 Å². The van der Waals surface area contributed by atoms with Gasteiger partial charge in [-0.05, 0) is 50.9 Å². The van der Waals surface area contributed by atoms with E-state index in [4.69, 9.17) is 14.3 Å². The van der Waals surface area contributed by atoms with Crippen LogP contribution >= 0.6 is 0 Å². The quantitative estimate of drug-likeness (QED) is 0.660. The van der Waals surface area contributed by atoms with Crippen LogP contribution in [0, 0.1) is 0 Å². The molecule has 1 aliphatic heterocycles. The molecule has 1 saturated heterocycles. The molecule has 0 bridgehead atoms. The summed E-state index contributed by atoms with van der Waals surface area (Å²) in [6.07, 6.45) is 0.896. The molecule has 0 N–H and O–H groups in total. The lowest BCUT2D eigenvalue weighted by molar-refractivity contribution is 0.00578. The minimum absolute atomic E-state index is 0.346. The zero-order chi connectivity index (χ0) is 19.2. The molecular formula is C22H27BN2O2.